The highest BCUT2D eigenvalue weighted by molar-refractivity contribution is 9.10. The summed E-state index contributed by atoms with van der Waals surface area (Å²) in [6.07, 6.45) is 0.846. The first kappa shape index (κ1) is 12.4. The first-order chi connectivity index (χ1) is 5.25. The lowest BCUT2D eigenvalue weighted by Gasteiger charge is -2.07. The molecular weight excluding hydrogens is 260 g/mol. The van der Waals surface area contributed by atoms with E-state index in [0.29, 0.717) is 6.54 Å². The van der Waals surface area contributed by atoms with Crippen molar-refractivity contribution in [3.63, 3.8) is 0 Å². The first-order valence-electron chi connectivity index (χ1n) is 3.44. The minimum atomic E-state index is 0. The molecule has 1 rings (SSSR count). The van der Waals surface area contributed by atoms with Gasteiger partial charge in [-0.3, -0.25) is 0 Å². The molecular formula is C7H12BrClN2S. The summed E-state index contributed by atoms with van der Waals surface area (Å²) in [6.45, 7) is 0.644. The summed E-state index contributed by atoms with van der Waals surface area (Å²) >= 11 is 5.10. The van der Waals surface area contributed by atoms with E-state index in [2.05, 4.69) is 15.9 Å². The molecule has 1 aromatic heterocycles. The molecule has 0 aromatic carbocycles. The van der Waals surface area contributed by atoms with Crippen molar-refractivity contribution in [2.24, 2.45) is 11.5 Å². The molecule has 0 radical (unpaired) electrons. The molecule has 0 aliphatic carbocycles. The van der Waals surface area contributed by atoms with Gasteiger partial charge < -0.3 is 11.5 Å². The summed E-state index contributed by atoms with van der Waals surface area (Å²) < 4.78 is 1.10. The molecule has 0 spiro atoms. The van der Waals surface area contributed by atoms with Crippen molar-refractivity contribution in [1.29, 1.82) is 0 Å². The lowest BCUT2D eigenvalue weighted by Crippen LogP contribution is -2.14. The zero-order valence-electron chi connectivity index (χ0n) is 6.50. The van der Waals surface area contributed by atoms with E-state index in [1.807, 2.05) is 11.4 Å². The van der Waals surface area contributed by atoms with E-state index < -0.39 is 0 Å². The average Bonchev–Trinajstić information content (AvgIpc) is 2.36. The average molecular weight is 272 g/mol. The van der Waals surface area contributed by atoms with Gasteiger partial charge in [0.15, 0.2) is 0 Å². The molecule has 0 bridgehead atoms. The van der Waals surface area contributed by atoms with Crippen LogP contribution in [0.5, 0.6) is 0 Å². The zero-order chi connectivity index (χ0) is 8.27. The van der Waals surface area contributed by atoms with Crippen LogP contribution in [0, 0.1) is 0 Å². The molecule has 5 heteroatoms. The van der Waals surface area contributed by atoms with Gasteiger partial charge in [-0.15, -0.1) is 23.7 Å². The molecule has 0 unspecified atom stereocenters. The van der Waals surface area contributed by atoms with Gasteiger partial charge in [-0.05, 0) is 40.3 Å². The predicted octanol–water partition coefficient (Wildman–Crippen LogP) is 2.28. The van der Waals surface area contributed by atoms with Crippen molar-refractivity contribution in [2.45, 2.75) is 12.5 Å². The van der Waals surface area contributed by atoms with Crippen LogP contribution in [0.3, 0.4) is 0 Å². The van der Waals surface area contributed by atoms with Crippen LogP contribution in [-0.2, 0) is 0 Å². The summed E-state index contributed by atoms with van der Waals surface area (Å²) in [5, 5.41) is 2.02. The third kappa shape index (κ3) is 3.03. The van der Waals surface area contributed by atoms with Crippen LogP contribution in [0.1, 0.15) is 17.3 Å². The van der Waals surface area contributed by atoms with Crippen molar-refractivity contribution in [2.75, 3.05) is 6.54 Å². The topological polar surface area (TPSA) is 52.0 Å². The molecule has 1 aromatic rings. The van der Waals surface area contributed by atoms with E-state index in [-0.39, 0.29) is 18.4 Å². The highest BCUT2D eigenvalue weighted by atomic mass is 79.9. The fraction of sp³-hybridized carbons (Fsp3) is 0.429. The van der Waals surface area contributed by atoms with Gasteiger partial charge in [-0.1, -0.05) is 0 Å². The second-order valence-electron chi connectivity index (χ2n) is 2.32. The minimum Gasteiger partial charge on any atom is -0.330 e. The Morgan fingerprint density at radius 3 is 2.67 bits per heavy atom. The van der Waals surface area contributed by atoms with Gasteiger partial charge in [-0.2, -0.15) is 0 Å². The van der Waals surface area contributed by atoms with E-state index in [1.54, 1.807) is 11.3 Å². The van der Waals surface area contributed by atoms with E-state index in [9.17, 15) is 0 Å². The standard InChI is InChI=1S/C7H11BrN2S.ClH/c8-5-2-4-11-7(5)6(10)1-3-9;/h2,4,6H,1,3,9-10H2;1H/t6-;/m1./s1. The Balaban J connectivity index is 0.00000121. The monoisotopic (exact) mass is 270 g/mol. The number of thiophene rings is 1. The van der Waals surface area contributed by atoms with Gasteiger partial charge in [0.25, 0.3) is 0 Å². The molecule has 0 fully saturated rings. The third-order valence-electron chi connectivity index (χ3n) is 1.46. The Kier molecular flexibility index (Phi) is 6.13. The Bertz CT molecular complexity index is 229. The number of hydrogen-bond acceptors (Lipinski definition) is 3. The van der Waals surface area contributed by atoms with Crippen LogP contribution in [0.25, 0.3) is 0 Å². The molecule has 2 nitrogen and oxygen atoms in total. The molecule has 0 saturated heterocycles. The quantitative estimate of drug-likeness (QED) is 0.886. The third-order valence-corrected chi connectivity index (χ3v) is 3.46. The van der Waals surface area contributed by atoms with E-state index >= 15 is 0 Å². The molecule has 1 heterocycles. The molecule has 0 aliphatic heterocycles. The van der Waals surface area contributed by atoms with Crippen molar-refractivity contribution in [1.82, 2.24) is 0 Å². The van der Waals surface area contributed by atoms with Crippen molar-refractivity contribution in [3.05, 3.63) is 20.8 Å². The van der Waals surface area contributed by atoms with Crippen LogP contribution in [0.4, 0.5) is 0 Å². The van der Waals surface area contributed by atoms with Crippen LogP contribution in [-0.4, -0.2) is 6.54 Å². The normalized spacial score (nSPS) is 12.2. The number of halogens is 2. The molecule has 0 amide bonds. The maximum Gasteiger partial charge on any atom is 0.0413 e. The van der Waals surface area contributed by atoms with Crippen LogP contribution >= 0.6 is 39.7 Å². The van der Waals surface area contributed by atoms with Gasteiger partial charge in [0.05, 0.1) is 0 Å². The Morgan fingerprint density at radius 1 is 1.58 bits per heavy atom. The van der Waals surface area contributed by atoms with Gasteiger partial charge in [0.2, 0.25) is 0 Å². The van der Waals surface area contributed by atoms with Crippen LogP contribution in [0.15, 0.2) is 15.9 Å². The Morgan fingerprint density at radius 2 is 2.25 bits per heavy atom. The van der Waals surface area contributed by atoms with E-state index in [0.717, 1.165) is 10.9 Å². The highest BCUT2D eigenvalue weighted by Crippen LogP contribution is 2.28. The molecule has 1 atom stereocenters. The zero-order valence-corrected chi connectivity index (χ0v) is 9.71. The SMILES string of the molecule is Cl.NCC[C@@H](N)c1sccc1Br. The van der Waals surface area contributed by atoms with Crippen molar-refractivity contribution < 1.29 is 0 Å². The molecule has 70 valence electrons. The molecule has 0 aliphatic rings. The van der Waals surface area contributed by atoms with Gasteiger partial charge in [0.1, 0.15) is 0 Å². The van der Waals surface area contributed by atoms with Crippen LogP contribution in [0.2, 0.25) is 0 Å². The van der Waals surface area contributed by atoms with Crippen molar-refractivity contribution in [3.8, 4) is 0 Å². The highest BCUT2D eigenvalue weighted by Gasteiger charge is 2.09. The van der Waals surface area contributed by atoms with Gasteiger partial charge >= 0.3 is 0 Å². The fourth-order valence-electron chi connectivity index (χ4n) is 0.881. The Labute approximate surface area is 90.9 Å². The maximum atomic E-state index is 5.85. The summed E-state index contributed by atoms with van der Waals surface area (Å²) in [6, 6.07) is 2.10. The molecule has 0 saturated carbocycles. The number of nitrogens with two attached hydrogens (primary N) is 2. The van der Waals surface area contributed by atoms with Crippen LogP contribution < -0.4 is 11.5 Å². The largest absolute Gasteiger partial charge is 0.330 e. The Hall–Kier alpha value is 0.390. The van der Waals surface area contributed by atoms with E-state index in [1.165, 1.54) is 4.88 Å². The summed E-state index contributed by atoms with van der Waals surface area (Å²) in [5.41, 5.74) is 11.2. The predicted molar refractivity (Wildman–Crippen MR) is 59.9 cm³/mol. The summed E-state index contributed by atoms with van der Waals surface area (Å²) in [7, 11) is 0. The van der Waals surface area contributed by atoms with Gasteiger partial charge in [-0.25, -0.2) is 0 Å². The first-order valence-corrected chi connectivity index (χ1v) is 5.11. The second kappa shape index (κ2) is 5.94. The molecule has 4 N–H and O–H groups in total. The van der Waals surface area contributed by atoms with E-state index in [4.69, 9.17) is 11.5 Å². The second-order valence-corrected chi connectivity index (χ2v) is 4.12. The number of hydrogen-bond donors (Lipinski definition) is 2. The molecule has 12 heavy (non-hydrogen) atoms. The van der Waals surface area contributed by atoms with Crippen molar-refractivity contribution >= 4 is 39.7 Å². The lowest BCUT2D eigenvalue weighted by atomic mass is 10.2. The van der Waals surface area contributed by atoms with Gasteiger partial charge in [0, 0.05) is 15.4 Å². The maximum absolute atomic E-state index is 5.85. The summed E-state index contributed by atoms with van der Waals surface area (Å²) in [5.74, 6) is 0. The fourth-order valence-corrected chi connectivity index (χ4v) is 2.59. The number of rotatable bonds is 3. The lowest BCUT2D eigenvalue weighted by molar-refractivity contribution is 0.670. The smallest absolute Gasteiger partial charge is 0.0413 e. The summed E-state index contributed by atoms with van der Waals surface area (Å²) in [4.78, 5) is 1.19. The minimum absolute atomic E-state index is 0.